The van der Waals surface area contributed by atoms with Gasteiger partial charge in [-0.3, -0.25) is 0 Å². The van der Waals surface area contributed by atoms with Gasteiger partial charge in [0, 0.05) is 11.5 Å². The van der Waals surface area contributed by atoms with Crippen LogP contribution < -0.4 is 10.1 Å². The number of hydrogen-bond acceptors (Lipinski definition) is 5. The van der Waals surface area contributed by atoms with Crippen LogP contribution in [0.15, 0.2) is 40.9 Å². The molecule has 0 aliphatic rings. The fourth-order valence-corrected chi connectivity index (χ4v) is 1.48. The van der Waals surface area contributed by atoms with Gasteiger partial charge in [-0.1, -0.05) is 44.1 Å². The Balaban J connectivity index is 1.96. The van der Waals surface area contributed by atoms with Crippen LogP contribution in [0, 0.1) is 0 Å². The lowest BCUT2D eigenvalue weighted by molar-refractivity contribution is 0.00720. The van der Waals surface area contributed by atoms with Crippen molar-refractivity contribution in [1.82, 2.24) is 5.16 Å². The monoisotopic (exact) mass is 262 g/mol. The van der Waals surface area contributed by atoms with Crippen LogP contribution in [-0.4, -0.2) is 16.7 Å². The molecular weight excluding hydrogens is 244 g/mol. The molecule has 1 aromatic carbocycles. The first-order chi connectivity index (χ1) is 8.95. The van der Waals surface area contributed by atoms with Gasteiger partial charge in [0.25, 0.3) is 6.41 Å². The van der Waals surface area contributed by atoms with E-state index in [0.29, 0.717) is 11.6 Å². The molecule has 0 saturated heterocycles. The molecule has 1 unspecified atom stereocenters. The molecule has 0 bridgehead atoms. The summed E-state index contributed by atoms with van der Waals surface area (Å²) in [7, 11) is 0. The lowest BCUT2D eigenvalue weighted by Crippen LogP contribution is -2.25. The van der Waals surface area contributed by atoms with Gasteiger partial charge in [0.05, 0.1) is 0 Å². The fraction of sp³-hybridized carbons (Fsp3) is 0.357. The third-order valence-corrected chi connectivity index (χ3v) is 2.51. The second-order valence-electron chi connectivity index (χ2n) is 5.25. The molecule has 1 atom stereocenters. The van der Waals surface area contributed by atoms with Gasteiger partial charge < -0.3 is 19.7 Å². The van der Waals surface area contributed by atoms with E-state index in [1.54, 1.807) is 18.2 Å². The van der Waals surface area contributed by atoms with Crippen molar-refractivity contribution >= 4 is 5.82 Å². The predicted octanol–water partition coefficient (Wildman–Crippen LogP) is 2.74. The average Bonchev–Trinajstić information content (AvgIpc) is 2.78. The Hall–Kier alpha value is -2.01. The van der Waals surface area contributed by atoms with Crippen LogP contribution in [0.4, 0.5) is 5.82 Å². The molecule has 0 aliphatic carbocycles. The molecule has 5 nitrogen and oxygen atoms in total. The van der Waals surface area contributed by atoms with Crippen molar-refractivity contribution in [2.45, 2.75) is 32.6 Å². The summed E-state index contributed by atoms with van der Waals surface area (Å²) in [6.45, 7) is 6.07. The second-order valence-corrected chi connectivity index (χ2v) is 5.25. The molecule has 102 valence electrons. The first kappa shape index (κ1) is 13.4. The number of benzene rings is 1. The topological polar surface area (TPSA) is 67.5 Å². The average molecular weight is 262 g/mol. The third kappa shape index (κ3) is 3.72. The zero-order valence-electron chi connectivity index (χ0n) is 11.3. The van der Waals surface area contributed by atoms with Gasteiger partial charge in [0.1, 0.15) is 11.5 Å². The summed E-state index contributed by atoms with van der Waals surface area (Å²) in [5.74, 6) is 1.75. The molecule has 1 heterocycles. The first-order valence-corrected chi connectivity index (χ1v) is 6.09. The summed E-state index contributed by atoms with van der Waals surface area (Å²) in [5.41, 5.74) is -0.127. The Labute approximate surface area is 112 Å². The van der Waals surface area contributed by atoms with Crippen molar-refractivity contribution in [1.29, 1.82) is 0 Å². The van der Waals surface area contributed by atoms with E-state index in [-0.39, 0.29) is 5.41 Å². The smallest absolute Gasteiger partial charge is 0.280 e. The number of rotatable bonds is 4. The largest absolute Gasteiger partial charge is 0.447 e. The molecule has 0 spiro atoms. The lowest BCUT2D eigenvalue weighted by atomic mass is 9.93. The number of aliphatic hydroxyl groups is 1. The number of hydrogen-bond donors (Lipinski definition) is 2. The van der Waals surface area contributed by atoms with Gasteiger partial charge in [-0.05, 0) is 12.1 Å². The van der Waals surface area contributed by atoms with Crippen LogP contribution in [0.1, 0.15) is 26.5 Å². The van der Waals surface area contributed by atoms with Crippen molar-refractivity contribution in [2.24, 2.45) is 0 Å². The third-order valence-electron chi connectivity index (χ3n) is 2.51. The van der Waals surface area contributed by atoms with Crippen molar-refractivity contribution in [3.8, 4) is 5.75 Å². The molecule has 2 N–H and O–H groups in total. The summed E-state index contributed by atoms with van der Waals surface area (Å²) in [4.78, 5) is 0. The molecule has 0 fully saturated rings. The molecule has 5 heteroatoms. The highest BCUT2D eigenvalue weighted by Crippen LogP contribution is 2.24. The van der Waals surface area contributed by atoms with E-state index >= 15 is 0 Å². The van der Waals surface area contributed by atoms with Crippen LogP contribution in [0.2, 0.25) is 0 Å². The minimum Gasteiger partial charge on any atom is -0.447 e. The highest BCUT2D eigenvalue weighted by atomic mass is 16.6. The maximum Gasteiger partial charge on any atom is 0.280 e. The van der Waals surface area contributed by atoms with Crippen LogP contribution >= 0.6 is 0 Å². The number of anilines is 1. The zero-order chi connectivity index (χ0) is 13.9. The molecule has 0 radical (unpaired) electrons. The van der Waals surface area contributed by atoms with Crippen molar-refractivity contribution in [2.75, 3.05) is 5.32 Å². The van der Waals surface area contributed by atoms with E-state index in [9.17, 15) is 5.11 Å². The minimum atomic E-state index is -1.18. The standard InChI is InChI=1S/C14H18N2O3/c1-14(2,3)11-9-12(16-19-11)15-13(17)18-10-7-5-4-6-8-10/h4-9,13,17H,1-3H3,(H,15,16). The van der Waals surface area contributed by atoms with Crippen LogP contribution in [0.5, 0.6) is 5.75 Å². The van der Waals surface area contributed by atoms with E-state index in [4.69, 9.17) is 9.26 Å². The van der Waals surface area contributed by atoms with Crippen molar-refractivity contribution in [3.63, 3.8) is 0 Å². The maximum absolute atomic E-state index is 9.75. The van der Waals surface area contributed by atoms with Crippen LogP contribution in [-0.2, 0) is 5.41 Å². The van der Waals surface area contributed by atoms with Gasteiger partial charge in [-0.25, -0.2) is 0 Å². The number of nitrogens with zero attached hydrogens (tertiary/aromatic N) is 1. The van der Waals surface area contributed by atoms with Gasteiger partial charge in [-0.2, -0.15) is 0 Å². The SMILES string of the molecule is CC(C)(C)c1cc(NC(O)Oc2ccccc2)no1. The fourth-order valence-electron chi connectivity index (χ4n) is 1.48. The summed E-state index contributed by atoms with van der Waals surface area (Å²) in [6.07, 6.45) is -1.18. The molecule has 0 aliphatic heterocycles. The molecule has 2 rings (SSSR count). The Bertz CT molecular complexity index is 517. The van der Waals surface area contributed by atoms with E-state index in [2.05, 4.69) is 10.5 Å². The van der Waals surface area contributed by atoms with E-state index in [1.165, 1.54) is 0 Å². The number of para-hydroxylation sites is 1. The quantitative estimate of drug-likeness (QED) is 0.829. The van der Waals surface area contributed by atoms with E-state index in [1.807, 2.05) is 39.0 Å². The molecule has 2 aromatic rings. The van der Waals surface area contributed by atoms with Crippen molar-refractivity contribution < 1.29 is 14.4 Å². The summed E-state index contributed by atoms with van der Waals surface area (Å²) >= 11 is 0. The minimum absolute atomic E-state index is 0.127. The molecule has 0 amide bonds. The van der Waals surface area contributed by atoms with Crippen LogP contribution in [0.25, 0.3) is 0 Å². The maximum atomic E-state index is 9.75. The summed E-state index contributed by atoms with van der Waals surface area (Å²) < 4.78 is 10.5. The van der Waals surface area contributed by atoms with E-state index < -0.39 is 6.41 Å². The Morgan fingerprint density at radius 2 is 1.95 bits per heavy atom. The number of nitrogens with one attached hydrogen (secondary N) is 1. The molecule has 1 aromatic heterocycles. The Morgan fingerprint density at radius 1 is 1.26 bits per heavy atom. The summed E-state index contributed by atoms with van der Waals surface area (Å²) in [6, 6.07) is 10.8. The van der Waals surface area contributed by atoms with Crippen LogP contribution in [0.3, 0.4) is 0 Å². The molecule has 0 saturated carbocycles. The van der Waals surface area contributed by atoms with Gasteiger partial charge in [-0.15, -0.1) is 0 Å². The van der Waals surface area contributed by atoms with E-state index in [0.717, 1.165) is 5.76 Å². The first-order valence-electron chi connectivity index (χ1n) is 6.09. The highest BCUT2D eigenvalue weighted by molar-refractivity contribution is 5.36. The Morgan fingerprint density at radius 3 is 2.53 bits per heavy atom. The van der Waals surface area contributed by atoms with Gasteiger partial charge in [0.2, 0.25) is 0 Å². The normalized spacial score (nSPS) is 13.1. The zero-order valence-corrected chi connectivity index (χ0v) is 11.3. The van der Waals surface area contributed by atoms with Gasteiger partial charge in [0.15, 0.2) is 5.82 Å². The number of aliphatic hydroxyl groups excluding tert-OH is 1. The second kappa shape index (κ2) is 5.32. The molecular formula is C14H18N2O3. The number of aromatic nitrogens is 1. The van der Waals surface area contributed by atoms with Gasteiger partial charge >= 0.3 is 0 Å². The summed E-state index contributed by atoms with van der Waals surface area (Å²) in [5, 5.41) is 16.3. The Kier molecular flexibility index (Phi) is 3.76. The number of ether oxygens (including phenoxy) is 1. The highest BCUT2D eigenvalue weighted by Gasteiger charge is 2.20. The molecule has 19 heavy (non-hydrogen) atoms. The van der Waals surface area contributed by atoms with Crippen molar-refractivity contribution in [3.05, 3.63) is 42.2 Å². The predicted molar refractivity (Wildman–Crippen MR) is 71.9 cm³/mol. The lowest BCUT2D eigenvalue weighted by Gasteiger charge is -2.14.